The number of halogens is 15. The predicted octanol–water partition coefficient (Wildman–Crippen LogP) is 19.2. The van der Waals surface area contributed by atoms with Crippen molar-refractivity contribution in [2.75, 3.05) is 26.4 Å². The average Bonchev–Trinajstić information content (AvgIpc) is 0.723. The normalized spacial score (nSPS) is 12.5. The van der Waals surface area contributed by atoms with Gasteiger partial charge < -0.3 is 36.0 Å². The molecule has 0 atom stereocenters. The van der Waals surface area contributed by atoms with Gasteiger partial charge in [-0.2, -0.15) is 82.7 Å². The van der Waals surface area contributed by atoms with Gasteiger partial charge in [0.05, 0.1) is 43.7 Å². The molecular weight excluding hydrogens is 1800 g/mol. The van der Waals surface area contributed by atoms with Gasteiger partial charge >= 0.3 is 82.5 Å². The summed E-state index contributed by atoms with van der Waals surface area (Å²) in [6, 6.07) is 66.8. The lowest BCUT2D eigenvalue weighted by molar-refractivity contribution is -0.247. The van der Waals surface area contributed by atoms with E-state index in [0.29, 0.717) is 65.5 Å². The molecule has 0 spiro atoms. The minimum atomic E-state index is -8.06. The van der Waals surface area contributed by atoms with Gasteiger partial charge in [0, 0.05) is 0 Å². The Morgan fingerprint density at radius 1 is 0.344 bits per heavy atom. The summed E-state index contributed by atoms with van der Waals surface area (Å²) >= 11 is 0. The van der Waals surface area contributed by atoms with Crippen molar-refractivity contribution in [2.24, 2.45) is 10.8 Å². The number of hydrogen-bond donors (Lipinski definition) is 0. The van der Waals surface area contributed by atoms with Crippen molar-refractivity contribution >= 4 is 96.1 Å². The fourth-order valence-electron chi connectivity index (χ4n) is 8.50. The van der Waals surface area contributed by atoms with Gasteiger partial charge in [0.2, 0.25) is 0 Å². The quantitative estimate of drug-likeness (QED) is 0.00719. The van der Waals surface area contributed by atoms with Crippen molar-refractivity contribution in [3.63, 3.8) is 0 Å². The number of ether oxygens (including phenoxy) is 4. The molecule has 8 aromatic carbocycles. The first-order valence-electron chi connectivity index (χ1n) is 33.4. The average molecular weight is 1880 g/mol. The van der Waals surface area contributed by atoms with Gasteiger partial charge in [-0.3, -0.25) is 9.59 Å². The SMILES string of the molecule is C.C.C.C.CCC(C)(C)C(=O)OCCOC(=O)c1ccc(OS(=O)(=O)C(F)(F)C(F)(F)C(F)(F)S(=O)(=O)[N-]S(=O)(=O)C(F)(F)F)cc1.CCC(C)(C)C(=O)OCCOC(=O)c1ccc(OS(=O)(=O)C(F)(F)C(F)(F)C(F)(F)S(=O)(=O)[O-])cc1.Cc1ccc([S+](c2ccccc2)c2ccccc2)cc1.c1ccc([S+](c2ccccc2)c2ccccc2)cc1. The van der Waals surface area contributed by atoms with Crippen LogP contribution < -0.4 is 8.37 Å². The summed E-state index contributed by atoms with van der Waals surface area (Å²) in [7, 11) is -37.4. The van der Waals surface area contributed by atoms with Crippen LogP contribution in [0, 0.1) is 17.8 Å². The Morgan fingerprint density at radius 2 is 0.590 bits per heavy atom. The number of alkyl halides is 15. The van der Waals surface area contributed by atoms with Crippen LogP contribution in [0.2, 0.25) is 0 Å². The first kappa shape index (κ1) is 111. The highest BCUT2D eigenvalue weighted by Gasteiger charge is 2.83. The third-order valence-corrected chi connectivity index (χ3v) is 26.9. The van der Waals surface area contributed by atoms with Crippen molar-refractivity contribution in [1.82, 2.24) is 0 Å². The number of carbonyl (C=O) groups excluding carboxylic acids is 4. The van der Waals surface area contributed by atoms with E-state index >= 15 is 0 Å². The molecule has 8 aromatic rings. The summed E-state index contributed by atoms with van der Waals surface area (Å²) in [5, 5.41) is -28.8. The van der Waals surface area contributed by atoms with E-state index in [4.69, 9.17) is 18.9 Å². The number of benzene rings is 8. The zero-order chi connectivity index (χ0) is 89.2. The molecule has 0 saturated carbocycles. The maximum atomic E-state index is 14.2. The van der Waals surface area contributed by atoms with Gasteiger partial charge in [0.25, 0.3) is 0 Å². The Labute approximate surface area is 703 Å². The monoisotopic (exact) mass is 1880 g/mol. The predicted molar refractivity (Wildman–Crippen MR) is 424 cm³/mol. The maximum Gasteiger partial charge on any atom is 0.480 e. The van der Waals surface area contributed by atoms with Crippen LogP contribution in [0.5, 0.6) is 11.5 Å². The number of hydrogen-bond acceptors (Lipinski definition) is 21. The molecule has 0 aromatic heterocycles. The van der Waals surface area contributed by atoms with Gasteiger partial charge in [-0.1, -0.05) is 152 Å². The van der Waals surface area contributed by atoms with Gasteiger partial charge in [-0.15, -0.1) is 0 Å². The van der Waals surface area contributed by atoms with E-state index in [0.717, 1.165) is 0 Å². The number of nitrogens with zero attached hydrogens (tertiary/aromatic N) is 1. The van der Waals surface area contributed by atoms with E-state index in [-0.39, 0.29) is 63.7 Å². The Hall–Kier alpha value is -9.44. The second kappa shape index (κ2) is 44.2. The van der Waals surface area contributed by atoms with Crippen LogP contribution in [0.1, 0.15) is 110 Å². The molecule has 676 valence electrons. The molecule has 0 radical (unpaired) electrons. The lowest BCUT2D eigenvalue weighted by atomic mass is 9.91. The Balaban J connectivity index is 0.000000843. The van der Waals surface area contributed by atoms with Crippen molar-refractivity contribution in [2.45, 2.75) is 159 Å². The summed E-state index contributed by atoms with van der Waals surface area (Å²) in [6.07, 6.45) is 0.891. The molecule has 0 fully saturated rings. The molecule has 0 saturated heterocycles. The molecule has 0 heterocycles. The topological polar surface area (TPSA) is 332 Å². The molecule has 22 nitrogen and oxygen atoms in total. The molecule has 8 rings (SSSR count). The molecular formula is C78H86F15NO21S7. The minimum absolute atomic E-state index is 0. The fraction of sp³-hybridized carbons (Fsp3) is 0.333. The zero-order valence-electron chi connectivity index (χ0n) is 62.2. The number of rotatable bonds is 32. The molecule has 44 heteroatoms. The standard InChI is InChI=1S/C19H19F9NO11S3.C19H17S.C18H20F6O10S2.C18H15S.4CH4/c1-4-15(2,3)14(31)39-10-9-38-13(30)11-5-7-12(8-6-11)40-43(36,37)18(24,25)16(20,21)17(22,23)41(32,33)29-42(34,35)19(26,27)28;1-16-12-14-19(15-13-16)20(17-8-4-2-5-9-17)18-10-6-3-7-11-18;1-4-15(2,3)14(26)33-10-9-32-13(25)11-5-7-12(8-6-11)34-36(30,31)18(23,24)16(19,20)17(21,22)35(27,28)29;1-4-10-16(11-5-1)19(17-12-6-2-7-13-17)18-14-8-3-9-15-18;;;;/h5-8H,4,9-10H2,1-3H3;2-15H,1H3;5-8H,4,9-10H2,1-3H3,(H,27,28,29);1-15H;4*1H4/q-1;+1;;+1;;;;/p-1. The van der Waals surface area contributed by atoms with Gasteiger partial charge in [-0.05, 0) is 169 Å². The molecule has 0 aliphatic carbocycles. The van der Waals surface area contributed by atoms with Crippen molar-refractivity contribution < 1.29 is 159 Å². The van der Waals surface area contributed by atoms with E-state index in [2.05, 4.69) is 191 Å². The molecule has 0 aliphatic heterocycles. The molecule has 0 unspecified atom stereocenters. The van der Waals surface area contributed by atoms with Crippen LogP contribution in [0.25, 0.3) is 4.13 Å². The third kappa shape index (κ3) is 27.0. The van der Waals surface area contributed by atoms with Crippen LogP contribution in [-0.4, -0.2) is 135 Å². The summed E-state index contributed by atoms with van der Waals surface area (Å²) in [5.41, 5.74) is -7.89. The maximum absolute atomic E-state index is 14.2. The zero-order valence-corrected chi connectivity index (χ0v) is 67.9. The number of aryl methyl sites for hydroxylation is 1. The van der Waals surface area contributed by atoms with Crippen LogP contribution in [0.3, 0.4) is 0 Å². The molecule has 0 amide bonds. The van der Waals surface area contributed by atoms with Crippen LogP contribution in [0.15, 0.2) is 254 Å². The Bertz CT molecular complexity index is 5160. The van der Waals surface area contributed by atoms with Crippen LogP contribution in [-0.2, 0) is 101 Å². The van der Waals surface area contributed by atoms with Crippen LogP contribution in [0.4, 0.5) is 65.9 Å². The lowest BCUT2D eigenvalue weighted by Gasteiger charge is -2.35. The van der Waals surface area contributed by atoms with E-state index in [1.165, 1.54) is 34.9 Å². The fourth-order valence-corrected chi connectivity index (χ4v) is 17.3. The summed E-state index contributed by atoms with van der Waals surface area (Å²) in [6.45, 7) is 10.4. The van der Waals surface area contributed by atoms with E-state index in [9.17, 15) is 132 Å². The van der Waals surface area contributed by atoms with Crippen LogP contribution >= 0.6 is 0 Å². The summed E-state index contributed by atoms with van der Waals surface area (Å²) < 4.78 is 350. The first-order chi connectivity index (χ1) is 54.3. The van der Waals surface area contributed by atoms with Gasteiger partial charge in [-0.25, -0.2) is 34.8 Å². The van der Waals surface area contributed by atoms with Crippen molar-refractivity contribution in [1.29, 1.82) is 0 Å². The molecule has 122 heavy (non-hydrogen) atoms. The summed E-state index contributed by atoms with van der Waals surface area (Å²) in [4.78, 5) is 55.7. The van der Waals surface area contributed by atoms with E-state index in [1.54, 1.807) is 41.5 Å². The second-order valence-electron chi connectivity index (χ2n) is 25.3. The molecule has 0 bridgehead atoms. The third-order valence-electron chi connectivity index (χ3n) is 15.9. The van der Waals surface area contributed by atoms with E-state index in [1.807, 2.05) is 0 Å². The Morgan fingerprint density at radius 3 is 0.836 bits per heavy atom. The minimum Gasteiger partial charge on any atom is -0.743 e. The lowest BCUT2D eigenvalue weighted by Crippen LogP contribution is -2.61. The first-order valence-corrected chi connectivity index (χ1v) is 43.0. The Kier molecular flexibility index (Phi) is 40.1. The van der Waals surface area contributed by atoms with Gasteiger partial charge in [0.15, 0.2) is 59.5 Å². The summed E-state index contributed by atoms with van der Waals surface area (Å²) in [5.74, 6) is -20.9. The van der Waals surface area contributed by atoms with Crippen molar-refractivity contribution in [3.8, 4) is 11.5 Å². The molecule has 0 aliphatic rings. The highest BCUT2D eigenvalue weighted by Crippen LogP contribution is 2.54. The van der Waals surface area contributed by atoms with E-state index < -0.39 is 160 Å². The highest BCUT2D eigenvalue weighted by molar-refractivity contribution is 8.13. The number of esters is 4. The van der Waals surface area contributed by atoms with Gasteiger partial charge in [0.1, 0.15) is 37.9 Å². The highest BCUT2D eigenvalue weighted by atomic mass is 32.3. The number of sulfonamides is 2. The number of carbonyl (C=O) groups is 4. The smallest absolute Gasteiger partial charge is 0.480 e. The molecule has 0 N–H and O–H groups in total. The largest absolute Gasteiger partial charge is 0.743 e. The second-order valence-corrected chi connectivity index (χ2v) is 37.4. The van der Waals surface area contributed by atoms with Crippen molar-refractivity contribution in [3.05, 3.63) is 245 Å².